The molecule has 0 bridgehead atoms. The highest BCUT2D eigenvalue weighted by Crippen LogP contribution is 2.31. The number of amides is 2. The summed E-state index contributed by atoms with van der Waals surface area (Å²) in [6.45, 7) is 1.79. The van der Waals surface area contributed by atoms with Crippen molar-refractivity contribution in [2.24, 2.45) is 4.99 Å². The molecule has 2 aromatic carbocycles. The van der Waals surface area contributed by atoms with E-state index in [1.165, 1.54) is 40.9 Å². The molecule has 0 radical (unpaired) electrons. The van der Waals surface area contributed by atoms with Crippen molar-refractivity contribution in [1.29, 1.82) is 0 Å². The molecule has 1 aliphatic heterocycles. The zero-order chi connectivity index (χ0) is 20.4. The van der Waals surface area contributed by atoms with Gasteiger partial charge in [0.25, 0.3) is 5.91 Å². The fraction of sp³-hybridized carbons (Fsp3) is 0.227. The summed E-state index contributed by atoms with van der Waals surface area (Å²) in [5.41, 5.74) is 1.64. The SMILES string of the molecule is C[C@@H](SC1=N/C(=C\c2ccccc2)C(=O)N1c1ccc(F)cc1)C(=O)NC1CC1. The number of hydrogen-bond acceptors (Lipinski definition) is 4. The lowest BCUT2D eigenvalue weighted by Gasteiger charge is -2.20. The summed E-state index contributed by atoms with van der Waals surface area (Å²) in [5, 5.41) is 2.96. The third-order valence-corrected chi connectivity index (χ3v) is 5.64. The van der Waals surface area contributed by atoms with E-state index in [4.69, 9.17) is 0 Å². The predicted octanol–water partition coefficient (Wildman–Crippen LogP) is 3.97. The minimum absolute atomic E-state index is 0.0767. The number of carbonyl (C=O) groups excluding carboxylic acids is 2. The Labute approximate surface area is 172 Å². The number of rotatable bonds is 5. The second kappa shape index (κ2) is 8.21. The number of benzene rings is 2. The zero-order valence-corrected chi connectivity index (χ0v) is 16.7. The van der Waals surface area contributed by atoms with Crippen molar-refractivity contribution in [3.63, 3.8) is 0 Å². The molecule has 7 heteroatoms. The minimum atomic E-state index is -0.416. The van der Waals surface area contributed by atoms with Crippen LogP contribution in [0.4, 0.5) is 10.1 Å². The molecule has 0 saturated heterocycles. The monoisotopic (exact) mass is 409 g/mol. The van der Waals surface area contributed by atoms with Gasteiger partial charge in [-0.3, -0.25) is 14.5 Å². The number of nitrogens with zero attached hydrogens (tertiary/aromatic N) is 2. The van der Waals surface area contributed by atoms with E-state index >= 15 is 0 Å². The van der Waals surface area contributed by atoms with Gasteiger partial charge in [0.1, 0.15) is 11.5 Å². The Balaban J connectivity index is 1.63. The van der Waals surface area contributed by atoms with Crippen LogP contribution in [0.15, 0.2) is 65.3 Å². The summed E-state index contributed by atoms with van der Waals surface area (Å²) in [4.78, 5) is 31.4. The Bertz CT molecular complexity index is 985. The number of halogens is 1. The molecule has 29 heavy (non-hydrogen) atoms. The molecule has 2 aliphatic rings. The van der Waals surface area contributed by atoms with E-state index in [-0.39, 0.29) is 29.4 Å². The normalized spacial score (nSPS) is 18.7. The predicted molar refractivity (Wildman–Crippen MR) is 114 cm³/mol. The van der Waals surface area contributed by atoms with Crippen molar-refractivity contribution in [2.75, 3.05) is 4.90 Å². The van der Waals surface area contributed by atoms with E-state index < -0.39 is 5.25 Å². The Morgan fingerprint density at radius 3 is 2.55 bits per heavy atom. The second-order valence-electron chi connectivity index (χ2n) is 6.99. The molecule has 1 saturated carbocycles. The van der Waals surface area contributed by atoms with E-state index in [0.29, 0.717) is 10.9 Å². The molecule has 1 heterocycles. The Kier molecular flexibility index (Phi) is 5.49. The fourth-order valence-electron chi connectivity index (χ4n) is 2.86. The molecule has 2 aromatic rings. The van der Waals surface area contributed by atoms with Gasteiger partial charge in [-0.2, -0.15) is 0 Å². The maximum Gasteiger partial charge on any atom is 0.283 e. The van der Waals surface area contributed by atoms with Crippen LogP contribution in [0.25, 0.3) is 6.08 Å². The van der Waals surface area contributed by atoms with Crippen molar-refractivity contribution >= 4 is 40.5 Å². The van der Waals surface area contributed by atoms with Gasteiger partial charge in [-0.25, -0.2) is 9.38 Å². The summed E-state index contributed by atoms with van der Waals surface area (Å²) in [7, 11) is 0. The molecule has 5 nitrogen and oxygen atoms in total. The average molecular weight is 409 g/mol. The number of nitrogens with one attached hydrogen (secondary N) is 1. The van der Waals surface area contributed by atoms with E-state index in [1.54, 1.807) is 13.0 Å². The summed E-state index contributed by atoms with van der Waals surface area (Å²) in [5.74, 6) is -0.770. The largest absolute Gasteiger partial charge is 0.352 e. The molecule has 1 atom stereocenters. The fourth-order valence-corrected chi connectivity index (χ4v) is 3.79. The topological polar surface area (TPSA) is 61.8 Å². The Morgan fingerprint density at radius 1 is 1.21 bits per heavy atom. The van der Waals surface area contributed by atoms with Crippen LogP contribution in [0.2, 0.25) is 0 Å². The Hall–Kier alpha value is -2.93. The third-order valence-electron chi connectivity index (χ3n) is 4.59. The quantitative estimate of drug-likeness (QED) is 0.760. The smallest absolute Gasteiger partial charge is 0.283 e. The van der Waals surface area contributed by atoms with Crippen LogP contribution in [-0.2, 0) is 9.59 Å². The van der Waals surface area contributed by atoms with Crippen molar-refractivity contribution in [1.82, 2.24) is 5.32 Å². The van der Waals surface area contributed by atoms with Crippen LogP contribution in [0.3, 0.4) is 0 Å². The standard InChI is InChI=1S/C22H20FN3O2S/c1-14(20(27)24-17-9-10-17)29-22-25-19(13-15-5-3-2-4-6-15)21(28)26(22)18-11-7-16(23)8-12-18/h2-8,11-14,17H,9-10H2,1H3,(H,24,27)/b19-13-/t14-/m1/s1. The first kappa shape index (κ1) is 19.4. The molecular formula is C22H20FN3O2S. The van der Waals surface area contributed by atoms with E-state index in [1.807, 2.05) is 30.3 Å². The van der Waals surface area contributed by atoms with Gasteiger partial charge in [-0.15, -0.1) is 0 Å². The van der Waals surface area contributed by atoms with Crippen LogP contribution in [-0.4, -0.2) is 28.3 Å². The molecule has 4 rings (SSSR count). The highest BCUT2D eigenvalue weighted by Gasteiger charge is 2.35. The van der Waals surface area contributed by atoms with Crippen molar-refractivity contribution in [3.8, 4) is 0 Å². The summed E-state index contributed by atoms with van der Waals surface area (Å²) >= 11 is 1.22. The molecule has 148 valence electrons. The second-order valence-corrected chi connectivity index (χ2v) is 8.30. The molecule has 1 fully saturated rings. The van der Waals surface area contributed by atoms with Crippen LogP contribution in [0, 0.1) is 5.82 Å². The van der Waals surface area contributed by atoms with Crippen molar-refractivity contribution in [3.05, 3.63) is 71.7 Å². The number of hydrogen-bond donors (Lipinski definition) is 1. The molecule has 0 aromatic heterocycles. The lowest BCUT2D eigenvalue weighted by molar-refractivity contribution is -0.120. The molecule has 2 amide bonds. The van der Waals surface area contributed by atoms with Crippen molar-refractivity contribution in [2.45, 2.75) is 31.1 Å². The van der Waals surface area contributed by atoms with E-state index in [9.17, 15) is 14.0 Å². The molecule has 0 spiro atoms. The highest BCUT2D eigenvalue weighted by atomic mass is 32.2. The third kappa shape index (κ3) is 4.56. The number of aliphatic imine (C=N–C) groups is 1. The lowest BCUT2D eigenvalue weighted by Crippen LogP contribution is -2.36. The van der Waals surface area contributed by atoms with Gasteiger partial charge < -0.3 is 5.32 Å². The average Bonchev–Trinajstić information content (AvgIpc) is 3.48. The first-order chi connectivity index (χ1) is 14.0. The highest BCUT2D eigenvalue weighted by molar-refractivity contribution is 8.15. The molecule has 0 unspecified atom stereocenters. The number of carbonyl (C=O) groups is 2. The number of thioether (sulfide) groups is 1. The van der Waals surface area contributed by atoms with Crippen LogP contribution in [0.5, 0.6) is 0 Å². The maximum atomic E-state index is 13.4. The van der Waals surface area contributed by atoms with Gasteiger partial charge in [-0.1, -0.05) is 42.1 Å². The van der Waals surface area contributed by atoms with Gasteiger partial charge in [0, 0.05) is 6.04 Å². The first-order valence-electron chi connectivity index (χ1n) is 9.44. The van der Waals surface area contributed by atoms with E-state index in [0.717, 1.165) is 18.4 Å². The van der Waals surface area contributed by atoms with Gasteiger partial charge in [0.15, 0.2) is 5.17 Å². The number of anilines is 1. The number of amidine groups is 1. The van der Waals surface area contributed by atoms with Gasteiger partial charge in [0.05, 0.1) is 10.9 Å². The summed E-state index contributed by atoms with van der Waals surface area (Å²) in [6, 6.07) is 15.4. The van der Waals surface area contributed by atoms with Crippen LogP contribution < -0.4 is 10.2 Å². The molecular weight excluding hydrogens is 389 g/mol. The Morgan fingerprint density at radius 2 is 1.90 bits per heavy atom. The van der Waals surface area contributed by atoms with Crippen molar-refractivity contribution < 1.29 is 14.0 Å². The zero-order valence-electron chi connectivity index (χ0n) is 15.8. The van der Waals surface area contributed by atoms with Crippen LogP contribution in [0.1, 0.15) is 25.3 Å². The van der Waals surface area contributed by atoms with Gasteiger partial charge >= 0.3 is 0 Å². The molecule has 1 aliphatic carbocycles. The summed E-state index contributed by atoms with van der Waals surface area (Å²) < 4.78 is 13.4. The summed E-state index contributed by atoms with van der Waals surface area (Å²) in [6.07, 6.45) is 3.73. The van der Waals surface area contributed by atoms with Gasteiger partial charge in [0.2, 0.25) is 5.91 Å². The van der Waals surface area contributed by atoms with E-state index in [2.05, 4.69) is 10.3 Å². The minimum Gasteiger partial charge on any atom is -0.352 e. The van der Waals surface area contributed by atoms with Crippen LogP contribution >= 0.6 is 11.8 Å². The molecule has 1 N–H and O–H groups in total. The van der Waals surface area contributed by atoms with Gasteiger partial charge in [-0.05, 0) is 55.7 Å². The first-order valence-corrected chi connectivity index (χ1v) is 10.3. The maximum absolute atomic E-state index is 13.4. The lowest BCUT2D eigenvalue weighted by atomic mass is 10.2.